The molecule has 0 aliphatic heterocycles. The highest BCUT2D eigenvalue weighted by Crippen LogP contribution is 2.19. The van der Waals surface area contributed by atoms with Gasteiger partial charge in [0, 0.05) is 18.5 Å². The smallest absolute Gasteiger partial charge is 0.270 e. The number of aromatic nitrogens is 1. The summed E-state index contributed by atoms with van der Waals surface area (Å²) in [5.74, 6) is 0.392. The molecule has 3 aromatic rings. The number of carbonyl (C=O) groups excluding carboxylic acids is 2. The van der Waals surface area contributed by atoms with Gasteiger partial charge in [-0.2, -0.15) is 0 Å². The van der Waals surface area contributed by atoms with Crippen LogP contribution in [0.1, 0.15) is 36.3 Å². The number of amides is 2. The van der Waals surface area contributed by atoms with Crippen molar-refractivity contribution < 1.29 is 14.3 Å². The number of benzene rings is 1. The van der Waals surface area contributed by atoms with Crippen molar-refractivity contribution >= 4 is 34.5 Å². The average Bonchev–Trinajstić information content (AvgIpc) is 3.34. The van der Waals surface area contributed by atoms with Gasteiger partial charge in [-0.25, -0.2) is 4.98 Å². The summed E-state index contributed by atoms with van der Waals surface area (Å²) in [6.45, 7) is 5.05. The van der Waals surface area contributed by atoms with E-state index in [0.29, 0.717) is 30.3 Å². The normalized spacial score (nSPS) is 10.5. The Hall–Kier alpha value is -2.71. The number of rotatable bonds is 8. The standard InChI is InChI=1S/C20H21N3O3S2/c1-13-8-14(2)10-15(9-13)26-11-18-23-16(12-28-18)19(24)21-5-6-22-20(25)17-4-3-7-27-17/h3-4,7-10,12H,5-6,11H2,1-2H3,(H,21,24)(H,22,25). The third-order valence-corrected chi connectivity index (χ3v) is 5.47. The number of thiazole rings is 1. The van der Waals surface area contributed by atoms with Crippen LogP contribution in [0.4, 0.5) is 0 Å². The largest absolute Gasteiger partial charge is 0.486 e. The molecule has 0 spiro atoms. The molecule has 0 saturated heterocycles. The fraction of sp³-hybridized carbons (Fsp3) is 0.250. The Morgan fingerprint density at radius 3 is 2.43 bits per heavy atom. The lowest BCUT2D eigenvalue weighted by Crippen LogP contribution is -2.34. The quantitative estimate of drug-likeness (QED) is 0.551. The Balaban J connectivity index is 1.42. The first kappa shape index (κ1) is 20.0. The number of carbonyl (C=O) groups is 2. The Kier molecular flexibility index (Phi) is 6.78. The summed E-state index contributed by atoms with van der Waals surface area (Å²) in [6.07, 6.45) is 0. The van der Waals surface area contributed by atoms with Gasteiger partial charge in [0.15, 0.2) is 0 Å². The topological polar surface area (TPSA) is 80.3 Å². The highest BCUT2D eigenvalue weighted by molar-refractivity contribution is 7.12. The minimum absolute atomic E-state index is 0.135. The SMILES string of the molecule is Cc1cc(C)cc(OCc2nc(C(=O)NCCNC(=O)c3cccs3)cs2)c1. The maximum atomic E-state index is 12.2. The van der Waals surface area contributed by atoms with Gasteiger partial charge >= 0.3 is 0 Å². The molecule has 0 atom stereocenters. The van der Waals surface area contributed by atoms with Crippen molar-refractivity contribution in [3.63, 3.8) is 0 Å². The molecule has 0 saturated carbocycles. The van der Waals surface area contributed by atoms with E-state index >= 15 is 0 Å². The summed E-state index contributed by atoms with van der Waals surface area (Å²) in [6, 6.07) is 9.61. The second-order valence-corrected chi connectivity index (χ2v) is 8.12. The average molecular weight is 416 g/mol. The molecule has 0 aliphatic carbocycles. The maximum absolute atomic E-state index is 12.2. The third kappa shape index (κ3) is 5.64. The molecule has 28 heavy (non-hydrogen) atoms. The van der Waals surface area contributed by atoms with Gasteiger partial charge in [-0.3, -0.25) is 9.59 Å². The van der Waals surface area contributed by atoms with E-state index in [9.17, 15) is 9.59 Å². The first-order chi connectivity index (χ1) is 13.5. The number of hydrogen-bond acceptors (Lipinski definition) is 6. The van der Waals surface area contributed by atoms with Gasteiger partial charge in [0.25, 0.3) is 11.8 Å². The third-order valence-electron chi connectivity index (χ3n) is 3.78. The van der Waals surface area contributed by atoms with Gasteiger partial charge in [0.1, 0.15) is 23.1 Å². The summed E-state index contributed by atoms with van der Waals surface area (Å²) < 4.78 is 5.78. The van der Waals surface area contributed by atoms with Crippen LogP contribution in [0.2, 0.25) is 0 Å². The monoisotopic (exact) mass is 415 g/mol. The number of thiophene rings is 1. The molecule has 2 heterocycles. The van der Waals surface area contributed by atoms with Crippen LogP contribution >= 0.6 is 22.7 Å². The Morgan fingerprint density at radius 1 is 1.04 bits per heavy atom. The Bertz CT molecular complexity index is 931. The molecule has 0 radical (unpaired) electrons. The van der Waals surface area contributed by atoms with Crippen LogP contribution in [-0.2, 0) is 6.61 Å². The van der Waals surface area contributed by atoms with Crippen LogP contribution in [0.3, 0.4) is 0 Å². The lowest BCUT2D eigenvalue weighted by Gasteiger charge is -2.06. The summed E-state index contributed by atoms with van der Waals surface area (Å²) in [4.78, 5) is 29.0. The van der Waals surface area contributed by atoms with Crippen molar-refractivity contribution in [1.29, 1.82) is 0 Å². The first-order valence-electron chi connectivity index (χ1n) is 8.76. The molecule has 8 heteroatoms. The molecular weight excluding hydrogens is 394 g/mol. The zero-order valence-electron chi connectivity index (χ0n) is 15.7. The summed E-state index contributed by atoms with van der Waals surface area (Å²) >= 11 is 2.76. The van der Waals surface area contributed by atoms with Crippen LogP contribution in [0.5, 0.6) is 5.75 Å². The summed E-state index contributed by atoms with van der Waals surface area (Å²) in [7, 11) is 0. The Labute approximate surface area is 171 Å². The van der Waals surface area contributed by atoms with Crippen molar-refractivity contribution in [2.75, 3.05) is 13.1 Å². The molecule has 146 valence electrons. The zero-order chi connectivity index (χ0) is 19.9. The van der Waals surface area contributed by atoms with Gasteiger partial charge in [-0.1, -0.05) is 12.1 Å². The molecule has 3 rings (SSSR count). The highest BCUT2D eigenvalue weighted by atomic mass is 32.1. The van der Waals surface area contributed by atoms with Crippen molar-refractivity contribution in [3.8, 4) is 5.75 Å². The molecule has 6 nitrogen and oxygen atoms in total. The fourth-order valence-corrected chi connectivity index (χ4v) is 3.91. The van der Waals surface area contributed by atoms with E-state index in [2.05, 4.69) is 21.7 Å². The van der Waals surface area contributed by atoms with Gasteiger partial charge in [0.2, 0.25) is 0 Å². The van der Waals surface area contributed by atoms with Crippen LogP contribution in [-0.4, -0.2) is 29.9 Å². The lowest BCUT2D eigenvalue weighted by molar-refractivity contribution is 0.0927. The molecular formula is C20H21N3O3S2. The fourth-order valence-electron chi connectivity index (χ4n) is 2.58. The van der Waals surface area contributed by atoms with Gasteiger partial charge in [0.05, 0.1) is 4.88 Å². The second-order valence-electron chi connectivity index (χ2n) is 6.23. The van der Waals surface area contributed by atoms with Gasteiger partial charge in [-0.05, 0) is 48.6 Å². The predicted molar refractivity (Wildman–Crippen MR) is 111 cm³/mol. The number of ether oxygens (including phenoxy) is 1. The van der Waals surface area contributed by atoms with Crippen LogP contribution < -0.4 is 15.4 Å². The van der Waals surface area contributed by atoms with E-state index in [-0.39, 0.29) is 11.8 Å². The van der Waals surface area contributed by atoms with Crippen molar-refractivity contribution in [3.05, 3.63) is 67.8 Å². The lowest BCUT2D eigenvalue weighted by atomic mass is 10.1. The van der Waals surface area contributed by atoms with Crippen LogP contribution in [0, 0.1) is 13.8 Å². The van der Waals surface area contributed by atoms with E-state index < -0.39 is 0 Å². The molecule has 0 bridgehead atoms. The van der Waals surface area contributed by atoms with Crippen LogP contribution in [0.15, 0.2) is 41.1 Å². The highest BCUT2D eigenvalue weighted by Gasteiger charge is 2.11. The second kappa shape index (κ2) is 9.48. The van der Waals surface area contributed by atoms with Gasteiger partial charge < -0.3 is 15.4 Å². The van der Waals surface area contributed by atoms with Crippen molar-refractivity contribution in [2.45, 2.75) is 20.5 Å². The van der Waals surface area contributed by atoms with E-state index in [1.807, 2.05) is 37.4 Å². The van der Waals surface area contributed by atoms with Gasteiger partial charge in [-0.15, -0.1) is 22.7 Å². The molecule has 2 N–H and O–H groups in total. The minimum Gasteiger partial charge on any atom is -0.486 e. The van der Waals surface area contributed by atoms with E-state index in [1.54, 1.807) is 11.4 Å². The Morgan fingerprint density at radius 2 is 1.75 bits per heavy atom. The molecule has 0 fully saturated rings. The van der Waals surface area contributed by atoms with E-state index in [1.165, 1.54) is 22.7 Å². The van der Waals surface area contributed by atoms with Crippen molar-refractivity contribution in [2.24, 2.45) is 0 Å². The van der Waals surface area contributed by atoms with E-state index in [0.717, 1.165) is 21.9 Å². The van der Waals surface area contributed by atoms with Crippen LogP contribution in [0.25, 0.3) is 0 Å². The summed E-state index contributed by atoms with van der Waals surface area (Å²) in [5.41, 5.74) is 2.63. The minimum atomic E-state index is -0.265. The zero-order valence-corrected chi connectivity index (χ0v) is 17.3. The number of nitrogens with one attached hydrogen (secondary N) is 2. The number of nitrogens with zero attached hydrogens (tertiary/aromatic N) is 1. The molecule has 0 aliphatic rings. The van der Waals surface area contributed by atoms with Crippen molar-refractivity contribution in [1.82, 2.24) is 15.6 Å². The molecule has 2 amide bonds. The number of aryl methyl sites for hydroxylation is 2. The summed E-state index contributed by atoms with van der Waals surface area (Å²) in [5, 5.41) is 9.81. The predicted octanol–water partition coefficient (Wildman–Crippen LogP) is 3.56. The molecule has 2 aromatic heterocycles. The van der Waals surface area contributed by atoms with E-state index in [4.69, 9.17) is 4.74 Å². The molecule has 1 aromatic carbocycles. The first-order valence-corrected chi connectivity index (χ1v) is 10.5. The number of hydrogen-bond donors (Lipinski definition) is 2. The molecule has 0 unspecified atom stereocenters. The maximum Gasteiger partial charge on any atom is 0.270 e.